The van der Waals surface area contributed by atoms with Gasteiger partial charge in [0.25, 0.3) is 0 Å². The monoisotopic (exact) mass is 278 g/mol. The van der Waals surface area contributed by atoms with E-state index in [0.29, 0.717) is 18.0 Å². The van der Waals surface area contributed by atoms with E-state index in [1.54, 1.807) is 18.2 Å². The molecule has 1 amide bonds. The van der Waals surface area contributed by atoms with Crippen molar-refractivity contribution in [2.75, 3.05) is 6.54 Å². The molecule has 0 radical (unpaired) electrons. The molecule has 1 aliphatic rings. The van der Waals surface area contributed by atoms with Crippen LogP contribution in [0.25, 0.3) is 0 Å². The number of carbonyl (C=O) groups is 1. The van der Waals surface area contributed by atoms with Crippen LogP contribution in [0.4, 0.5) is 4.39 Å². The van der Waals surface area contributed by atoms with Gasteiger partial charge in [-0.3, -0.25) is 4.79 Å². The third kappa shape index (κ3) is 3.79. The number of rotatable bonds is 4. The SMILES string of the molecule is CC(Cc1ccccc1F)C(=O)NC1CCCNC1C. The van der Waals surface area contributed by atoms with Gasteiger partial charge in [0.15, 0.2) is 0 Å². The summed E-state index contributed by atoms with van der Waals surface area (Å²) in [5.41, 5.74) is 0.602. The molecule has 1 aromatic carbocycles. The first kappa shape index (κ1) is 15.0. The molecular formula is C16H23FN2O. The first-order valence-electron chi connectivity index (χ1n) is 7.35. The number of benzene rings is 1. The molecule has 1 fully saturated rings. The second-order valence-electron chi connectivity index (χ2n) is 5.70. The average Bonchev–Trinajstić information content (AvgIpc) is 2.43. The van der Waals surface area contributed by atoms with Crippen LogP contribution in [0.3, 0.4) is 0 Å². The summed E-state index contributed by atoms with van der Waals surface area (Å²) in [6.07, 6.45) is 2.52. The van der Waals surface area contributed by atoms with E-state index in [4.69, 9.17) is 0 Å². The number of amides is 1. The molecule has 20 heavy (non-hydrogen) atoms. The Morgan fingerprint density at radius 3 is 2.95 bits per heavy atom. The highest BCUT2D eigenvalue weighted by atomic mass is 19.1. The summed E-state index contributed by atoms with van der Waals surface area (Å²) < 4.78 is 13.6. The second-order valence-corrected chi connectivity index (χ2v) is 5.70. The highest BCUT2D eigenvalue weighted by Crippen LogP contribution is 2.14. The lowest BCUT2D eigenvalue weighted by Gasteiger charge is -2.31. The van der Waals surface area contributed by atoms with Gasteiger partial charge >= 0.3 is 0 Å². The Morgan fingerprint density at radius 1 is 1.50 bits per heavy atom. The van der Waals surface area contributed by atoms with Gasteiger partial charge in [0.2, 0.25) is 5.91 Å². The molecule has 1 aliphatic heterocycles. The molecule has 0 aliphatic carbocycles. The number of carbonyl (C=O) groups excluding carboxylic acids is 1. The Balaban J connectivity index is 1.90. The summed E-state index contributed by atoms with van der Waals surface area (Å²) in [4.78, 5) is 12.2. The minimum atomic E-state index is -0.236. The first-order chi connectivity index (χ1) is 9.58. The predicted octanol–water partition coefficient (Wildman–Crippen LogP) is 2.26. The van der Waals surface area contributed by atoms with E-state index in [1.807, 2.05) is 6.92 Å². The molecule has 2 N–H and O–H groups in total. The minimum Gasteiger partial charge on any atom is -0.352 e. The number of hydrogen-bond donors (Lipinski definition) is 2. The van der Waals surface area contributed by atoms with Crippen LogP contribution in [-0.2, 0) is 11.2 Å². The van der Waals surface area contributed by atoms with Crippen LogP contribution in [0.15, 0.2) is 24.3 Å². The van der Waals surface area contributed by atoms with Gasteiger partial charge in [0.05, 0.1) is 0 Å². The fourth-order valence-corrected chi connectivity index (χ4v) is 2.65. The number of nitrogens with one attached hydrogen (secondary N) is 2. The molecule has 0 spiro atoms. The molecule has 1 saturated heterocycles. The maximum Gasteiger partial charge on any atom is 0.223 e. The van der Waals surface area contributed by atoms with Gasteiger partial charge in [0, 0.05) is 18.0 Å². The average molecular weight is 278 g/mol. The van der Waals surface area contributed by atoms with E-state index in [0.717, 1.165) is 19.4 Å². The second kappa shape index (κ2) is 6.84. The maximum absolute atomic E-state index is 13.6. The zero-order valence-corrected chi connectivity index (χ0v) is 12.2. The number of halogens is 1. The Kier molecular flexibility index (Phi) is 5.12. The van der Waals surface area contributed by atoms with Gasteiger partial charge in [-0.15, -0.1) is 0 Å². The normalized spacial score (nSPS) is 24.1. The molecule has 3 unspecified atom stereocenters. The Labute approximate surface area is 120 Å². The minimum absolute atomic E-state index is 0.00815. The fraction of sp³-hybridized carbons (Fsp3) is 0.562. The van der Waals surface area contributed by atoms with Crippen molar-refractivity contribution in [2.24, 2.45) is 5.92 Å². The van der Waals surface area contributed by atoms with Crippen LogP contribution >= 0.6 is 0 Å². The molecule has 0 bridgehead atoms. The molecule has 2 rings (SSSR count). The van der Waals surface area contributed by atoms with E-state index in [2.05, 4.69) is 17.6 Å². The summed E-state index contributed by atoms with van der Waals surface area (Å²) in [7, 11) is 0. The molecule has 1 aromatic rings. The Morgan fingerprint density at radius 2 is 2.25 bits per heavy atom. The molecule has 3 atom stereocenters. The van der Waals surface area contributed by atoms with E-state index >= 15 is 0 Å². The fourth-order valence-electron chi connectivity index (χ4n) is 2.65. The van der Waals surface area contributed by atoms with Crippen molar-refractivity contribution in [3.05, 3.63) is 35.6 Å². The molecule has 4 heteroatoms. The van der Waals surface area contributed by atoms with Crippen molar-refractivity contribution >= 4 is 5.91 Å². The highest BCUT2D eigenvalue weighted by Gasteiger charge is 2.24. The number of hydrogen-bond acceptors (Lipinski definition) is 2. The van der Waals surface area contributed by atoms with Gasteiger partial charge in [-0.25, -0.2) is 4.39 Å². The topological polar surface area (TPSA) is 41.1 Å². The van der Waals surface area contributed by atoms with Gasteiger partial charge in [-0.1, -0.05) is 25.1 Å². The summed E-state index contributed by atoms with van der Waals surface area (Å²) >= 11 is 0. The van der Waals surface area contributed by atoms with Gasteiger partial charge in [-0.2, -0.15) is 0 Å². The Bertz CT molecular complexity index is 464. The van der Waals surface area contributed by atoms with Gasteiger partial charge in [0.1, 0.15) is 5.82 Å². The lowest BCUT2D eigenvalue weighted by Crippen LogP contribution is -2.53. The van der Waals surface area contributed by atoms with E-state index < -0.39 is 0 Å². The smallest absolute Gasteiger partial charge is 0.223 e. The molecule has 0 saturated carbocycles. The summed E-state index contributed by atoms with van der Waals surface area (Å²) in [6, 6.07) is 7.12. The standard InChI is InChI=1S/C16H23FN2O/c1-11(10-13-6-3-4-7-14(13)17)16(20)19-15-8-5-9-18-12(15)2/h3-4,6-7,11-12,15,18H,5,8-10H2,1-2H3,(H,19,20). The van der Waals surface area contributed by atoms with Crippen LogP contribution in [0.5, 0.6) is 0 Å². The zero-order chi connectivity index (χ0) is 14.5. The van der Waals surface area contributed by atoms with E-state index in [-0.39, 0.29) is 23.7 Å². The van der Waals surface area contributed by atoms with Crippen molar-refractivity contribution in [3.8, 4) is 0 Å². The number of piperidine rings is 1. The molecule has 0 aromatic heterocycles. The Hall–Kier alpha value is -1.42. The zero-order valence-electron chi connectivity index (χ0n) is 12.2. The predicted molar refractivity (Wildman–Crippen MR) is 77.9 cm³/mol. The van der Waals surface area contributed by atoms with Crippen molar-refractivity contribution < 1.29 is 9.18 Å². The molecular weight excluding hydrogens is 255 g/mol. The third-order valence-electron chi connectivity index (χ3n) is 4.02. The lowest BCUT2D eigenvalue weighted by atomic mass is 9.96. The molecule has 3 nitrogen and oxygen atoms in total. The molecule has 1 heterocycles. The quantitative estimate of drug-likeness (QED) is 0.887. The molecule has 110 valence electrons. The van der Waals surface area contributed by atoms with Crippen molar-refractivity contribution in [1.29, 1.82) is 0 Å². The van der Waals surface area contributed by atoms with Crippen LogP contribution in [-0.4, -0.2) is 24.5 Å². The van der Waals surface area contributed by atoms with Crippen LogP contribution in [0.1, 0.15) is 32.3 Å². The lowest BCUT2D eigenvalue weighted by molar-refractivity contribution is -0.125. The van der Waals surface area contributed by atoms with Gasteiger partial charge < -0.3 is 10.6 Å². The van der Waals surface area contributed by atoms with E-state index in [9.17, 15) is 9.18 Å². The maximum atomic E-state index is 13.6. The largest absolute Gasteiger partial charge is 0.352 e. The van der Waals surface area contributed by atoms with Crippen molar-refractivity contribution in [1.82, 2.24) is 10.6 Å². The van der Waals surface area contributed by atoms with E-state index in [1.165, 1.54) is 6.07 Å². The van der Waals surface area contributed by atoms with Crippen LogP contribution in [0, 0.1) is 11.7 Å². The summed E-state index contributed by atoms with van der Waals surface area (Å²) in [6.45, 7) is 4.95. The van der Waals surface area contributed by atoms with Crippen LogP contribution < -0.4 is 10.6 Å². The van der Waals surface area contributed by atoms with Crippen molar-refractivity contribution in [2.45, 2.75) is 45.2 Å². The summed E-state index contributed by atoms with van der Waals surface area (Å²) in [5, 5.41) is 6.44. The van der Waals surface area contributed by atoms with Crippen molar-refractivity contribution in [3.63, 3.8) is 0 Å². The summed E-state index contributed by atoms with van der Waals surface area (Å²) in [5.74, 6) is -0.449. The highest BCUT2D eigenvalue weighted by molar-refractivity contribution is 5.79. The van der Waals surface area contributed by atoms with Gasteiger partial charge in [-0.05, 0) is 44.4 Å². The first-order valence-corrected chi connectivity index (χ1v) is 7.35. The van der Waals surface area contributed by atoms with Crippen LogP contribution in [0.2, 0.25) is 0 Å². The third-order valence-corrected chi connectivity index (χ3v) is 4.02.